The molecule has 0 fully saturated rings. The Bertz CT molecular complexity index is 864. The lowest BCUT2D eigenvalue weighted by molar-refractivity contribution is -0.133. The Morgan fingerprint density at radius 2 is 1.81 bits per heavy atom. The van der Waals surface area contributed by atoms with E-state index < -0.39 is 6.04 Å². The van der Waals surface area contributed by atoms with Gasteiger partial charge in [0.2, 0.25) is 5.91 Å². The first-order valence-corrected chi connectivity index (χ1v) is 13.9. The molecule has 0 saturated carbocycles. The van der Waals surface area contributed by atoms with Gasteiger partial charge in [-0.05, 0) is 31.2 Å². The summed E-state index contributed by atoms with van der Waals surface area (Å²) in [6.45, 7) is 16.9. The van der Waals surface area contributed by atoms with Gasteiger partial charge in [0.25, 0.3) is 5.91 Å². The van der Waals surface area contributed by atoms with Gasteiger partial charge in [-0.2, -0.15) is 0 Å². The Morgan fingerprint density at radius 1 is 1.14 bits per heavy atom. The van der Waals surface area contributed by atoms with E-state index >= 15 is 0 Å². The monoisotopic (exact) mass is 515 g/mol. The predicted molar refractivity (Wildman–Crippen MR) is 151 cm³/mol. The van der Waals surface area contributed by atoms with Crippen molar-refractivity contribution in [3.63, 3.8) is 0 Å². The second-order valence-corrected chi connectivity index (χ2v) is 9.70. The van der Waals surface area contributed by atoms with Crippen LogP contribution < -0.4 is 10.1 Å². The molecule has 208 valence electrons. The highest BCUT2D eigenvalue weighted by Gasteiger charge is 2.33. The maximum absolute atomic E-state index is 12.6. The lowest BCUT2D eigenvalue weighted by atomic mass is 10.0. The molecule has 0 bridgehead atoms. The molecule has 37 heavy (non-hydrogen) atoms. The summed E-state index contributed by atoms with van der Waals surface area (Å²) in [7, 11) is 1.58. The standard InChI is InChI=1S/C23H33N3O4.C7H16/c1-5-12-25(13-6-2)22(28)16-30-21-11-7-9-18-17(3)26(15-19(18)21)20(10-8-14-27)23(29)24-4;1-4-6-7(3)5-2/h7,9,11,14,20H,3,5-6,8,10,12-13,15-16H2,1-2,4H3,(H,24,29);7H,4-6H2,1-3H3. The van der Waals surface area contributed by atoms with Crippen molar-refractivity contribution < 1.29 is 19.1 Å². The van der Waals surface area contributed by atoms with E-state index in [0.29, 0.717) is 25.1 Å². The van der Waals surface area contributed by atoms with Gasteiger partial charge < -0.3 is 24.6 Å². The van der Waals surface area contributed by atoms with Crippen LogP contribution in [0.3, 0.4) is 0 Å². The molecule has 2 amide bonds. The average molecular weight is 516 g/mol. The Morgan fingerprint density at radius 3 is 2.32 bits per heavy atom. The number of nitrogens with one attached hydrogen (secondary N) is 1. The number of nitrogens with zero attached hydrogens (tertiary/aromatic N) is 2. The molecular formula is C30H49N3O4. The largest absolute Gasteiger partial charge is 0.483 e. The topological polar surface area (TPSA) is 79.0 Å². The van der Waals surface area contributed by atoms with Gasteiger partial charge in [0.1, 0.15) is 18.1 Å². The average Bonchev–Trinajstić information content (AvgIpc) is 3.24. The number of hydrogen-bond donors (Lipinski definition) is 1. The summed E-state index contributed by atoms with van der Waals surface area (Å²) < 4.78 is 5.91. The maximum atomic E-state index is 12.6. The highest BCUT2D eigenvalue weighted by molar-refractivity contribution is 5.85. The molecule has 0 aliphatic carbocycles. The second-order valence-electron chi connectivity index (χ2n) is 9.70. The number of carbonyl (C=O) groups is 3. The summed E-state index contributed by atoms with van der Waals surface area (Å²) in [4.78, 5) is 39.6. The number of carbonyl (C=O) groups excluding carboxylic acids is 3. The molecule has 1 N–H and O–H groups in total. The van der Waals surface area contributed by atoms with Crippen LogP contribution in [0, 0.1) is 5.92 Å². The fourth-order valence-electron chi connectivity index (χ4n) is 4.50. The quantitative estimate of drug-likeness (QED) is 0.315. The van der Waals surface area contributed by atoms with Crippen LogP contribution in [0.1, 0.15) is 90.7 Å². The fraction of sp³-hybridized carbons (Fsp3) is 0.633. The molecule has 1 aromatic carbocycles. The number of likely N-dealkylation sites (N-methyl/N-ethyl adjacent to an activating group) is 1. The van der Waals surface area contributed by atoms with E-state index in [1.807, 2.05) is 28.0 Å². The molecule has 0 saturated heterocycles. The van der Waals surface area contributed by atoms with Crippen molar-refractivity contribution in [1.82, 2.24) is 15.1 Å². The first-order chi connectivity index (χ1) is 17.8. The van der Waals surface area contributed by atoms with E-state index in [-0.39, 0.29) is 18.4 Å². The third kappa shape index (κ3) is 9.86. The summed E-state index contributed by atoms with van der Waals surface area (Å²) >= 11 is 0. The zero-order valence-electron chi connectivity index (χ0n) is 24.0. The molecule has 1 heterocycles. The van der Waals surface area contributed by atoms with E-state index in [9.17, 15) is 14.4 Å². The second kappa shape index (κ2) is 17.6. The van der Waals surface area contributed by atoms with Crippen LogP contribution in [0.25, 0.3) is 5.70 Å². The first kappa shape index (κ1) is 32.2. The summed E-state index contributed by atoms with van der Waals surface area (Å²) in [6.07, 6.45) is 7.42. The smallest absolute Gasteiger partial charge is 0.260 e. The van der Waals surface area contributed by atoms with Crippen LogP contribution in [0.2, 0.25) is 0 Å². The van der Waals surface area contributed by atoms with Crippen molar-refractivity contribution in [2.75, 3.05) is 26.7 Å². The van der Waals surface area contributed by atoms with Gasteiger partial charge >= 0.3 is 0 Å². The van der Waals surface area contributed by atoms with Crippen molar-refractivity contribution in [1.29, 1.82) is 0 Å². The van der Waals surface area contributed by atoms with Crippen LogP contribution in [0.4, 0.5) is 0 Å². The molecule has 7 heteroatoms. The first-order valence-electron chi connectivity index (χ1n) is 13.9. The lowest BCUT2D eigenvalue weighted by Gasteiger charge is -2.28. The zero-order valence-corrected chi connectivity index (χ0v) is 24.0. The summed E-state index contributed by atoms with van der Waals surface area (Å²) in [5.41, 5.74) is 2.53. The van der Waals surface area contributed by atoms with Gasteiger partial charge in [0.15, 0.2) is 6.61 Å². The van der Waals surface area contributed by atoms with Crippen molar-refractivity contribution in [3.05, 3.63) is 35.9 Å². The van der Waals surface area contributed by atoms with E-state index in [1.165, 1.54) is 19.3 Å². The minimum atomic E-state index is -0.487. The highest BCUT2D eigenvalue weighted by atomic mass is 16.5. The van der Waals surface area contributed by atoms with Crippen molar-refractivity contribution in [2.24, 2.45) is 5.92 Å². The van der Waals surface area contributed by atoms with E-state index in [2.05, 4.69) is 46.5 Å². The Hall–Kier alpha value is -2.83. The van der Waals surface area contributed by atoms with Crippen molar-refractivity contribution in [3.8, 4) is 5.75 Å². The molecule has 0 aromatic heterocycles. The Balaban J connectivity index is 0.000000856. The number of benzene rings is 1. The molecule has 2 rings (SSSR count). The SMILES string of the molecule is C=C1c2cccc(OCC(=O)N(CCC)CCC)c2CN1C(CCC=O)C(=O)NC.CCCC(C)CC. The van der Waals surface area contributed by atoms with E-state index in [1.54, 1.807) is 7.05 Å². The summed E-state index contributed by atoms with van der Waals surface area (Å²) in [5.74, 6) is 1.39. The number of fused-ring (bicyclic) bond motifs is 1. The lowest BCUT2D eigenvalue weighted by Crippen LogP contribution is -2.43. The summed E-state index contributed by atoms with van der Waals surface area (Å²) in [6, 6.07) is 5.16. The normalized spacial score (nSPS) is 13.7. The number of amides is 2. The number of ether oxygens (including phenoxy) is 1. The molecule has 1 aliphatic heterocycles. The highest BCUT2D eigenvalue weighted by Crippen LogP contribution is 2.39. The van der Waals surface area contributed by atoms with Gasteiger partial charge in [0.05, 0.1) is 0 Å². The molecule has 2 atom stereocenters. The van der Waals surface area contributed by atoms with Gasteiger partial charge in [-0.1, -0.05) is 72.6 Å². The Kier molecular flexibility index (Phi) is 15.3. The minimum Gasteiger partial charge on any atom is -0.483 e. The van der Waals surface area contributed by atoms with Crippen molar-refractivity contribution >= 4 is 23.8 Å². The number of hydrogen-bond acceptors (Lipinski definition) is 5. The minimum absolute atomic E-state index is 0.0209. The van der Waals surface area contributed by atoms with Crippen molar-refractivity contribution in [2.45, 2.75) is 92.2 Å². The predicted octanol–water partition coefficient (Wildman–Crippen LogP) is 5.43. The molecule has 0 radical (unpaired) electrons. The third-order valence-electron chi connectivity index (χ3n) is 6.77. The molecule has 2 unspecified atom stereocenters. The molecule has 1 aromatic rings. The van der Waals surface area contributed by atoms with Crippen LogP contribution in [0.15, 0.2) is 24.8 Å². The zero-order chi connectivity index (χ0) is 27.8. The molecule has 7 nitrogen and oxygen atoms in total. The van der Waals surface area contributed by atoms with E-state index in [0.717, 1.165) is 55.0 Å². The Labute approximate surface area is 224 Å². The van der Waals surface area contributed by atoms with Gasteiger partial charge in [-0.15, -0.1) is 0 Å². The van der Waals surface area contributed by atoms with Gasteiger partial charge in [-0.25, -0.2) is 0 Å². The van der Waals surface area contributed by atoms with Gasteiger partial charge in [0, 0.05) is 49.9 Å². The summed E-state index contributed by atoms with van der Waals surface area (Å²) in [5, 5.41) is 2.67. The van der Waals surface area contributed by atoms with Crippen LogP contribution in [-0.4, -0.2) is 60.7 Å². The third-order valence-corrected chi connectivity index (χ3v) is 6.77. The maximum Gasteiger partial charge on any atom is 0.260 e. The van der Waals surface area contributed by atoms with Crippen LogP contribution in [-0.2, 0) is 20.9 Å². The molecule has 0 spiro atoms. The molecule has 1 aliphatic rings. The van der Waals surface area contributed by atoms with Crippen LogP contribution in [0.5, 0.6) is 5.75 Å². The fourth-order valence-corrected chi connectivity index (χ4v) is 4.50. The van der Waals surface area contributed by atoms with Crippen LogP contribution >= 0.6 is 0 Å². The van der Waals surface area contributed by atoms with Gasteiger partial charge in [-0.3, -0.25) is 9.59 Å². The number of rotatable bonds is 15. The van der Waals surface area contributed by atoms with E-state index in [4.69, 9.17) is 4.74 Å². The number of aldehydes is 1. The molecular weight excluding hydrogens is 466 g/mol.